The number of rotatable bonds is 2. The molecule has 3 nitrogen and oxygen atoms in total. The van der Waals surface area contributed by atoms with E-state index in [1.54, 1.807) is 0 Å². The summed E-state index contributed by atoms with van der Waals surface area (Å²) in [6, 6.07) is 7.39. The van der Waals surface area contributed by atoms with Crippen LogP contribution >= 0.6 is 11.6 Å². The lowest BCUT2D eigenvalue weighted by Crippen LogP contribution is -1.85. The molecule has 14 heavy (non-hydrogen) atoms. The van der Waals surface area contributed by atoms with Crippen LogP contribution in [0.15, 0.2) is 44.2 Å². The molecule has 72 valence electrons. The van der Waals surface area contributed by atoms with Crippen molar-refractivity contribution in [2.45, 2.75) is 5.88 Å². The molecule has 0 spiro atoms. The molecule has 0 radical (unpaired) electrons. The fraction of sp³-hybridized carbons (Fsp3) is 0.100. The van der Waals surface area contributed by atoms with Crippen LogP contribution in [0.5, 0.6) is 0 Å². The summed E-state index contributed by atoms with van der Waals surface area (Å²) in [4.78, 5) is 10.6. The average Bonchev–Trinajstić information content (AvgIpc) is 2.65. The molecular formula is C10H7ClO3. The first-order chi connectivity index (χ1) is 6.79. The molecule has 0 N–H and O–H groups in total. The van der Waals surface area contributed by atoms with E-state index in [9.17, 15) is 4.79 Å². The molecule has 1 aromatic carbocycles. The molecule has 0 saturated carbocycles. The molecule has 0 atom stereocenters. The van der Waals surface area contributed by atoms with Gasteiger partial charge in [-0.1, -0.05) is 24.3 Å². The van der Waals surface area contributed by atoms with Crippen LogP contribution in [-0.2, 0) is 5.88 Å². The predicted molar refractivity (Wildman–Crippen MR) is 52.2 cm³/mol. The van der Waals surface area contributed by atoms with Gasteiger partial charge in [0.25, 0.3) is 0 Å². The Hall–Kier alpha value is -1.48. The summed E-state index contributed by atoms with van der Waals surface area (Å²) in [6.45, 7) is 0. The number of benzene rings is 1. The molecule has 2 rings (SSSR count). The highest BCUT2D eigenvalue weighted by Gasteiger charge is 2.03. The fourth-order valence-corrected chi connectivity index (χ4v) is 1.30. The molecular weight excluding hydrogens is 204 g/mol. The molecule has 1 heterocycles. The van der Waals surface area contributed by atoms with Crippen LogP contribution in [0.25, 0.3) is 11.3 Å². The maximum atomic E-state index is 10.6. The number of alkyl halides is 1. The van der Waals surface area contributed by atoms with Crippen molar-refractivity contribution >= 4 is 11.6 Å². The van der Waals surface area contributed by atoms with Gasteiger partial charge in [-0.05, 0) is 5.56 Å². The Balaban J connectivity index is 2.38. The van der Waals surface area contributed by atoms with Gasteiger partial charge in [0.05, 0.1) is 0 Å². The molecule has 0 amide bonds. The summed E-state index contributed by atoms with van der Waals surface area (Å²) < 4.78 is 9.32. The largest absolute Gasteiger partial charge is 0.519 e. The van der Waals surface area contributed by atoms with Gasteiger partial charge in [-0.15, -0.1) is 11.6 Å². The van der Waals surface area contributed by atoms with Gasteiger partial charge in [0.15, 0.2) is 5.76 Å². The lowest BCUT2D eigenvalue weighted by molar-refractivity contribution is 0.389. The lowest BCUT2D eigenvalue weighted by atomic mass is 10.1. The van der Waals surface area contributed by atoms with Crippen LogP contribution in [-0.4, -0.2) is 0 Å². The third-order valence-electron chi connectivity index (χ3n) is 1.85. The van der Waals surface area contributed by atoms with E-state index in [1.165, 1.54) is 6.26 Å². The van der Waals surface area contributed by atoms with Crippen LogP contribution in [0.4, 0.5) is 0 Å². The van der Waals surface area contributed by atoms with Crippen LogP contribution < -0.4 is 5.82 Å². The lowest BCUT2D eigenvalue weighted by Gasteiger charge is -1.96. The number of halogens is 1. The molecule has 0 aliphatic heterocycles. The first-order valence-corrected chi connectivity index (χ1v) is 4.57. The van der Waals surface area contributed by atoms with Gasteiger partial charge < -0.3 is 8.83 Å². The van der Waals surface area contributed by atoms with Crippen molar-refractivity contribution in [3.8, 4) is 11.3 Å². The van der Waals surface area contributed by atoms with Gasteiger partial charge in [0.2, 0.25) is 0 Å². The normalized spacial score (nSPS) is 10.4. The third-order valence-corrected chi connectivity index (χ3v) is 2.16. The highest BCUT2D eigenvalue weighted by Crippen LogP contribution is 2.18. The van der Waals surface area contributed by atoms with Gasteiger partial charge in [-0.25, -0.2) is 4.79 Å². The molecule has 4 heteroatoms. The molecule has 0 aliphatic carbocycles. The number of hydrogen-bond donors (Lipinski definition) is 0. The van der Waals surface area contributed by atoms with Crippen molar-refractivity contribution in [3.63, 3.8) is 0 Å². The van der Waals surface area contributed by atoms with E-state index in [0.717, 1.165) is 11.1 Å². The monoisotopic (exact) mass is 210 g/mol. The summed E-state index contributed by atoms with van der Waals surface area (Å²) in [5.74, 6) is 0.202. The van der Waals surface area contributed by atoms with Gasteiger partial charge >= 0.3 is 5.82 Å². The minimum Gasteiger partial charge on any atom is -0.399 e. The van der Waals surface area contributed by atoms with Gasteiger partial charge in [0.1, 0.15) is 6.26 Å². The minimum absolute atomic E-state index is 0.427. The van der Waals surface area contributed by atoms with E-state index in [1.807, 2.05) is 24.3 Å². The molecule has 0 unspecified atom stereocenters. The molecule has 0 aliphatic rings. The Morgan fingerprint density at radius 3 is 2.43 bits per heavy atom. The molecule has 0 saturated heterocycles. The quantitative estimate of drug-likeness (QED) is 0.716. The summed E-state index contributed by atoms with van der Waals surface area (Å²) in [7, 11) is 0. The summed E-state index contributed by atoms with van der Waals surface area (Å²) >= 11 is 5.64. The highest BCUT2D eigenvalue weighted by atomic mass is 35.5. The molecule has 0 fully saturated rings. The van der Waals surface area contributed by atoms with Crippen molar-refractivity contribution < 1.29 is 8.83 Å². The van der Waals surface area contributed by atoms with Crippen LogP contribution in [0.3, 0.4) is 0 Å². The van der Waals surface area contributed by atoms with E-state index in [4.69, 9.17) is 16.0 Å². The van der Waals surface area contributed by atoms with E-state index >= 15 is 0 Å². The minimum atomic E-state index is -0.693. The Morgan fingerprint density at radius 1 is 1.21 bits per heavy atom. The van der Waals surface area contributed by atoms with Crippen LogP contribution in [0.2, 0.25) is 0 Å². The topological polar surface area (TPSA) is 43.4 Å². The van der Waals surface area contributed by atoms with Crippen molar-refractivity contribution in [3.05, 3.63) is 46.7 Å². The second-order valence-corrected chi connectivity index (χ2v) is 3.05. The zero-order valence-electron chi connectivity index (χ0n) is 7.20. The Bertz CT molecular complexity index is 467. The van der Waals surface area contributed by atoms with Crippen molar-refractivity contribution in [1.29, 1.82) is 0 Å². The van der Waals surface area contributed by atoms with E-state index in [2.05, 4.69) is 4.42 Å². The summed E-state index contributed by atoms with van der Waals surface area (Å²) in [6.07, 6.45) is 1.29. The van der Waals surface area contributed by atoms with Crippen LogP contribution in [0, 0.1) is 0 Å². The Labute approximate surface area is 84.9 Å². The SMILES string of the molecule is O=c1occ(-c2ccc(CCl)cc2)o1. The third kappa shape index (κ3) is 1.72. The van der Waals surface area contributed by atoms with Gasteiger partial charge in [0, 0.05) is 11.4 Å². The summed E-state index contributed by atoms with van der Waals surface area (Å²) in [5.41, 5.74) is 1.81. The maximum Gasteiger partial charge on any atom is 0.519 e. The highest BCUT2D eigenvalue weighted by molar-refractivity contribution is 6.17. The van der Waals surface area contributed by atoms with Crippen molar-refractivity contribution in [1.82, 2.24) is 0 Å². The Kier molecular flexibility index (Phi) is 2.41. The predicted octanol–water partition coefficient (Wildman–Crippen LogP) is 2.64. The molecule has 1 aromatic heterocycles. The second kappa shape index (κ2) is 3.72. The van der Waals surface area contributed by atoms with Crippen LogP contribution in [0.1, 0.15) is 5.56 Å². The fourth-order valence-electron chi connectivity index (χ4n) is 1.12. The maximum absolute atomic E-state index is 10.6. The zero-order valence-corrected chi connectivity index (χ0v) is 7.95. The summed E-state index contributed by atoms with van der Waals surface area (Å²) in [5, 5.41) is 0. The van der Waals surface area contributed by atoms with Gasteiger partial charge in [-0.3, -0.25) is 0 Å². The second-order valence-electron chi connectivity index (χ2n) is 2.78. The standard InChI is InChI=1S/C10H7ClO3/c11-5-7-1-3-8(4-2-7)9-6-13-10(12)14-9/h1-4,6H,5H2. The van der Waals surface area contributed by atoms with Gasteiger partial charge in [-0.2, -0.15) is 0 Å². The average molecular weight is 211 g/mol. The van der Waals surface area contributed by atoms with E-state index < -0.39 is 5.82 Å². The van der Waals surface area contributed by atoms with Crippen molar-refractivity contribution in [2.24, 2.45) is 0 Å². The zero-order chi connectivity index (χ0) is 9.97. The van der Waals surface area contributed by atoms with Crippen molar-refractivity contribution in [2.75, 3.05) is 0 Å². The molecule has 2 aromatic rings. The smallest absolute Gasteiger partial charge is 0.399 e. The number of hydrogen-bond acceptors (Lipinski definition) is 3. The van der Waals surface area contributed by atoms with E-state index in [0.29, 0.717) is 11.6 Å². The first kappa shape index (κ1) is 9.09. The first-order valence-electron chi connectivity index (χ1n) is 4.03. The Morgan fingerprint density at radius 2 is 1.93 bits per heavy atom. The molecule has 0 bridgehead atoms. The van der Waals surface area contributed by atoms with E-state index in [-0.39, 0.29) is 0 Å².